The summed E-state index contributed by atoms with van der Waals surface area (Å²) in [4.78, 5) is 11.9. The molecule has 1 unspecified atom stereocenters. The number of rotatable bonds is 3. The van der Waals surface area contributed by atoms with Gasteiger partial charge >= 0.3 is 0 Å². The van der Waals surface area contributed by atoms with Gasteiger partial charge in [0.05, 0.1) is 0 Å². The van der Waals surface area contributed by atoms with Gasteiger partial charge in [0, 0.05) is 12.1 Å². The first-order valence-corrected chi connectivity index (χ1v) is 5.14. The van der Waals surface area contributed by atoms with Crippen LogP contribution >= 0.6 is 0 Å². The molecule has 2 aromatic rings. The molecule has 0 aliphatic heterocycles. The van der Waals surface area contributed by atoms with E-state index in [9.17, 15) is 9.90 Å². The summed E-state index contributed by atoms with van der Waals surface area (Å²) in [5, 5.41) is 11.3. The van der Waals surface area contributed by atoms with Crippen LogP contribution < -0.4 is 5.73 Å². The van der Waals surface area contributed by atoms with Gasteiger partial charge in [-0.1, -0.05) is 42.5 Å². The first-order valence-electron chi connectivity index (χ1n) is 5.14. The monoisotopic (exact) mass is 215 g/mol. The summed E-state index contributed by atoms with van der Waals surface area (Å²) in [6, 6.07) is 13.0. The van der Waals surface area contributed by atoms with Crippen LogP contribution in [0.3, 0.4) is 0 Å². The molecule has 2 aromatic carbocycles. The maximum absolute atomic E-state index is 11.9. The zero-order chi connectivity index (χ0) is 11.5. The lowest BCUT2D eigenvalue weighted by molar-refractivity contribution is 0.0765. The average Bonchev–Trinajstić information content (AvgIpc) is 2.36. The van der Waals surface area contributed by atoms with Crippen molar-refractivity contribution in [2.45, 2.75) is 6.10 Å². The average molecular weight is 215 g/mol. The fraction of sp³-hybridized carbons (Fsp3) is 0.154. The van der Waals surface area contributed by atoms with Crippen LogP contribution in [0.5, 0.6) is 0 Å². The summed E-state index contributed by atoms with van der Waals surface area (Å²) >= 11 is 0. The van der Waals surface area contributed by atoms with E-state index in [4.69, 9.17) is 5.73 Å². The number of hydrogen-bond acceptors (Lipinski definition) is 3. The Kier molecular flexibility index (Phi) is 2.99. The largest absolute Gasteiger partial charge is 0.384 e. The van der Waals surface area contributed by atoms with Gasteiger partial charge in [0.2, 0.25) is 0 Å². The summed E-state index contributed by atoms with van der Waals surface area (Å²) in [5.74, 6) is -0.320. The predicted octanol–water partition coefficient (Wildman–Crippen LogP) is 1.34. The van der Waals surface area contributed by atoms with Crippen LogP contribution in [0.25, 0.3) is 10.8 Å². The molecule has 0 aliphatic rings. The summed E-state index contributed by atoms with van der Waals surface area (Å²) in [6.07, 6.45) is -1.12. The summed E-state index contributed by atoms with van der Waals surface area (Å²) in [5.41, 5.74) is 5.81. The lowest BCUT2D eigenvalue weighted by Gasteiger charge is -2.09. The standard InChI is InChI=1S/C13H13NO2/c14-8-12(15)13(16)11-7-3-5-9-4-1-2-6-10(9)11/h1-7,12,15H,8,14H2. The van der Waals surface area contributed by atoms with Gasteiger partial charge in [0.15, 0.2) is 5.78 Å². The summed E-state index contributed by atoms with van der Waals surface area (Å²) in [7, 11) is 0. The molecule has 16 heavy (non-hydrogen) atoms. The SMILES string of the molecule is NCC(O)C(=O)c1cccc2ccccc12. The van der Waals surface area contributed by atoms with Gasteiger partial charge in [-0.3, -0.25) is 4.79 Å². The molecule has 0 aromatic heterocycles. The van der Waals surface area contributed by atoms with Crippen molar-refractivity contribution >= 4 is 16.6 Å². The highest BCUT2D eigenvalue weighted by Crippen LogP contribution is 2.19. The molecule has 0 fully saturated rings. The van der Waals surface area contributed by atoms with Crippen molar-refractivity contribution in [1.82, 2.24) is 0 Å². The van der Waals surface area contributed by atoms with E-state index in [-0.39, 0.29) is 12.3 Å². The second-order valence-corrected chi connectivity index (χ2v) is 3.64. The van der Waals surface area contributed by atoms with E-state index in [1.807, 2.05) is 30.3 Å². The van der Waals surface area contributed by atoms with E-state index in [1.165, 1.54) is 0 Å². The lowest BCUT2D eigenvalue weighted by Crippen LogP contribution is -2.29. The zero-order valence-electron chi connectivity index (χ0n) is 8.76. The molecule has 3 N–H and O–H groups in total. The van der Waals surface area contributed by atoms with Crippen molar-refractivity contribution in [3.8, 4) is 0 Å². The molecule has 3 heteroatoms. The maximum atomic E-state index is 11.9. The van der Waals surface area contributed by atoms with E-state index < -0.39 is 6.10 Å². The molecular weight excluding hydrogens is 202 g/mol. The number of ketones is 1. The Morgan fingerprint density at radius 1 is 1.19 bits per heavy atom. The third kappa shape index (κ3) is 1.83. The van der Waals surface area contributed by atoms with Crippen molar-refractivity contribution in [3.05, 3.63) is 48.0 Å². The Balaban J connectivity index is 2.56. The zero-order valence-corrected chi connectivity index (χ0v) is 8.76. The first-order chi connectivity index (χ1) is 7.74. The molecule has 0 radical (unpaired) electrons. The fourth-order valence-corrected chi connectivity index (χ4v) is 1.73. The quantitative estimate of drug-likeness (QED) is 0.759. The van der Waals surface area contributed by atoms with E-state index in [2.05, 4.69) is 0 Å². The van der Waals surface area contributed by atoms with Crippen molar-refractivity contribution in [2.24, 2.45) is 5.73 Å². The van der Waals surface area contributed by atoms with Gasteiger partial charge in [0.25, 0.3) is 0 Å². The summed E-state index contributed by atoms with van der Waals surface area (Å²) < 4.78 is 0. The Hall–Kier alpha value is -1.71. The van der Waals surface area contributed by atoms with Crippen LogP contribution in [-0.4, -0.2) is 23.5 Å². The molecule has 0 saturated carbocycles. The van der Waals surface area contributed by atoms with Crippen LogP contribution in [0.1, 0.15) is 10.4 Å². The normalized spacial score (nSPS) is 12.6. The van der Waals surface area contributed by atoms with E-state index in [0.717, 1.165) is 10.8 Å². The third-order valence-corrected chi connectivity index (χ3v) is 2.58. The fourth-order valence-electron chi connectivity index (χ4n) is 1.73. The number of aliphatic hydroxyl groups is 1. The van der Waals surface area contributed by atoms with Gasteiger partial charge in [-0.25, -0.2) is 0 Å². The molecule has 0 saturated heterocycles. The summed E-state index contributed by atoms with van der Waals surface area (Å²) in [6.45, 7) is -0.0535. The second-order valence-electron chi connectivity index (χ2n) is 3.64. The minimum atomic E-state index is -1.12. The molecule has 0 aliphatic carbocycles. The van der Waals surface area contributed by atoms with E-state index in [1.54, 1.807) is 12.1 Å². The Morgan fingerprint density at radius 2 is 1.88 bits per heavy atom. The van der Waals surface area contributed by atoms with E-state index in [0.29, 0.717) is 5.56 Å². The maximum Gasteiger partial charge on any atom is 0.193 e. The van der Waals surface area contributed by atoms with Crippen molar-refractivity contribution in [3.63, 3.8) is 0 Å². The minimum Gasteiger partial charge on any atom is -0.384 e. The number of Topliss-reactive ketones (excluding diaryl/α,β-unsaturated/α-hetero) is 1. The molecule has 0 heterocycles. The molecular formula is C13H13NO2. The van der Waals surface area contributed by atoms with Gasteiger partial charge < -0.3 is 10.8 Å². The highest BCUT2D eigenvalue weighted by Gasteiger charge is 2.17. The number of nitrogens with two attached hydrogens (primary N) is 1. The van der Waals surface area contributed by atoms with Crippen LogP contribution in [-0.2, 0) is 0 Å². The van der Waals surface area contributed by atoms with Gasteiger partial charge in [-0.2, -0.15) is 0 Å². The van der Waals surface area contributed by atoms with Gasteiger partial charge in [-0.05, 0) is 10.8 Å². The Bertz CT molecular complexity index is 517. The van der Waals surface area contributed by atoms with Crippen molar-refractivity contribution in [2.75, 3.05) is 6.54 Å². The molecule has 0 amide bonds. The van der Waals surface area contributed by atoms with Crippen LogP contribution in [0.4, 0.5) is 0 Å². The number of carbonyl (C=O) groups excluding carboxylic acids is 1. The number of carbonyl (C=O) groups is 1. The number of benzene rings is 2. The van der Waals surface area contributed by atoms with Crippen molar-refractivity contribution in [1.29, 1.82) is 0 Å². The lowest BCUT2D eigenvalue weighted by atomic mass is 9.99. The van der Waals surface area contributed by atoms with Gasteiger partial charge in [-0.15, -0.1) is 0 Å². The smallest absolute Gasteiger partial charge is 0.193 e. The van der Waals surface area contributed by atoms with Crippen LogP contribution in [0.2, 0.25) is 0 Å². The number of hydrogen-bond donors (Lipinski definition) is 2. The minimum absolute atomic E-state index is 0.0535. The molecule has 1 atom stereocenters. The van der Waals surface area contributed by atoms with Crippen LogP contribution in [0.15, 0.2) is 42.5 Å². The molecule has 3 nitrogen and oxygen atoms in total. The molecule has 2 rings (SSSR count). The topological polar surface area (TPSA) is 63.3 Å². The third-order valence-electron chi connectivity index (χ3n) is 2.58. The Morgan fingerprint density at radius 3 is 2.62 bits per heavy atom. The van der Waals surface area contributed by atoms with Gasteiger partial charge in [0.1, 0.15) is 6.10 Å². The van der Waals surface area contributed by atoms with E-state index >= 15 is 0 Å². The van der Waals surface area contributed by atoms with Crippen LogP contribution in [0, 0.1) is 0 Å². The second kappa shape index (κ2) is 4.43. The first kappa shape index (κ1) is 10.8. The van der Waals surface area contributed by atoms with Crippen molar-refractivity contribution < 1.29 is 9.90 Å². The highest BCUT2D eigenvalue weighted by atomic mass is 16.3. The Labute approximate surface area is 93.5 Å². The number of aliphatic hydroxyl groups excluding tert-OH is 1. The predicted molar refractivity (Wildman–Crippen MR) is 63.3 cm³/mol. The molecule has 0 bridgehead atoms. The molecule has 0 spiro atoms. The number of fused-ring (bicyclic) bond motifs is 1. The highest BCUT2D eigenvalue weighted by molar-refractivity contribution is 6.10. The molecule has 82 valence electrons.